The Morgan fingerprint density at radius 2 is 1.73 bits per heavy atom. The van der Waals surface area contributed by atoms with Gasteiger partial charge in [0.2, 0.25) is 0 Å². The quantitative estimate of drug-likeness (QED) is 0.702. The fraction of sp³-hybridized carbons (Fsp3) is 0.923. The molecule has 2 aliphatic rings. The molecular weight excluding hydrogens is 184 g/mol. The van der Waals surface area contributed by atoms with Gasteiger partial charge in [-0.1, -0.05) is 25.7 Å². The first-order valence-corrected chi connectivity index (χ1v) is 6.60. The fourth-order valence-corrected chi connectivity index (χ4v) is 2.78. The summed E-state index contributed by atoms with van der Waals surface area (Å²) in [5.74, 6) is 1.29. The maximum absolute atomic E-state index is 4.67. The van der Waals surface area contributed by atoms with Crippen molar-refractivity contribution in [3.63, 3.8) is 0 Å². The molecule has 0 radical (unpaired) electrons. The van der Waals surface area contributed by atoms with E-state index < -0.39 is 0 Å². The van der Waals surface area contributed by atoms with Crippen molar-refractivity contribution in [1.82, 2.24) is 5.32 Å². The number of nitrogens with one attached hydrogen (secondary N) is 1. The maximum atomic E-state index is 4.67. The molecule has 2 nitrogen and oxygen atoms in total. The van der Waals surface area contributed by atoms with Crippen molar-refractivity contribution in [3.8, 4) is 0 Å². The third kappa shape index (κ3) is 3.22. The molecule has 86 valence electrons. The summed E-state index contributed by atoms with van der Waals surface area (Å²) < 4.78 is 0. The monoisotopic (exact) mass is 208 g/mol. The van der Waals surface area contributed by atoms with Crippen molar-refractivity contribution < 1.29 is 0 Å². The van der Waals surface area contributed by atoms with Crippen LogP contribution in [0.5, 0.6) is 0 Å². The Labute approximate surface area is 93.6 Å². The van der Waals surface area contributed by atoms with Crippen molar-refractivity contribution in [3.05, 3.63) is 0 Å². The second kappa shape index (κ2) is 5.00. The molecule has 0 aromatic rings. The number of hydrogen-bond acceptors (Lipinski definition) is 2. The maximum Gasteiger partial charge on any atom is 0.0967 e. The van der Waals surface area contributed by atoms with Gasteiger partial charge in [0.1, 0.15) is 0 Å². The summed E-state index contributed by atoms with van der Waals surface area (Å²) in [7, 11) is 0. The van der Waals surface area contributed by atoms with Gasteiger partial charge >= 0.3 is 0 Å². The number of hydrogen-bond donors (Lipinski definition) is 1. The van der Waals surface area contributed by atoms with Crippen LogP contribution in [0.1, 0.15) is 64.7 Å². The molecule has 0 aromatic carbocycles. The van der Waals surface area contributed by atoms with Gasteiger partial charge < -0.3 is 5.32 Å². The predicted octanol–water partition coefficient (Wildman–Crippen LogP) is 3.27. The van der Waals surface area contributed by atoms with E-state index in [-0.39, 0.29) is 0 Å². The first kappa shape index (κ1) is 11.0. The molecule has 0 amide bonds. The molecule has 15 heavy (non-hydrogen) atoms. The molecule has 2 heteroatoms. The van der Waals surface area contributed by atoms with Crippen LogP contribution in [-0.4, -0.2) is 17.9 Å². The van der Waals surface area contributed by atoms with Crippen LogP contribution in [0.2, 0.25) is 0 Å². The molecule has 0 spiro atoms. The highest BCUT2D eigenvalue weighted by Gasteiger charge is 2.27. The molecule has 0 atom stereocenters. The van der Waals surface area contributed by atoms with E-state index in [1.165, 1.54) is 63.6 Å². The van der Waals surface area contributed by atoms with Crippen LogP contribution in [0.25, 0.3) is 0 Å². The summed E-state index contributed by atoms with van der Waals surface area (Å²) in [4.78, 5) is 4.67. The molecule has 0 bridgehead atoms. The molecule has 0 unspecified atom stereocenters. The van der Waals surface area contributed by atoms with E-state index >= 15 is 0 Å². The summed E-state index contributed by atoms with van der Waals surface area (Å²) in [6.07, 6.45) is 12.0. The van der Waals surface area contributed by atoms with E-state index in [4.69, 9.17) is 0 Å². The molecule has 1 heterocycles. The fourth-order valence-electron chi connectivity index (χ4n) is 2.78. The Bertz CT molecular complexity index is 227. The van der Waals surface area contributed by atoms with E-state index in [9.17, 15) is 0 Å². The van der Waals surface area contributed by atoms with Crippen LogP contribution in [-0.2, 0) is 0 Å². The van der Waals surface area contributed by atoms with Gasteiger partial charge in [-0.2, -0.15) is 0 Å². The van der Waals surface area contributed by atoms with Crippen LogP contribution >= 0.6 is 0 Å². The third-order valence-corrected chi connectivity index (χ3v) is 3.78. The largest absolute Gasteiger partial charge is 0.369 e. The van der Waals surface area contributed by atoms with Gasteiger partial charge in [0.15, 0.2) is 0 Å². The Morgan fingerprint density at radius 3 is 2.53 bits per heavy atom. The average Bonchev–Trinajstić information content (AvgIpc) is 2.47. The summed E-state index contributed by atoms with van der Waals surface area (Å²) in [5.41, 5.74) is 0.349. The van der Waals surface area contributed by atoms with Gasteiger partial charge in [-0.3, -0.25) is 4.99 Å². The average molecular weight is 208 g/mol. The lowest BCUT2D eigenvalue weighted by Gasteiger charge is -2.35. The first-order valence-electron chi connectivity index (χ1n) is 6.60. The van der Waals surface area contributed by atoms with E-state index in [1.54, 1.807) is 0 Å². The summed E-state index contributed by atoms with van der Waals surface area (Å²) in [6.45, 7) is 3.41. The van der Waals surface area contributed by atoms with Crippen molar-refractivity contribution >= 4 is 5.84 Å². The minimum Gasteiger partial charge on any atom is -0.369 e. The zero-order chi connectivity index (χ0) is 10.6. The summed E-state index contributed by atoms with van der Waals surface area (Å²) >= 11 is 0. The Morgan fingerprint density at radius 1 is 1.00 bits per heavy atom. The van der Waals surface area contributed by atoms with Crippen LogP contribution in [0.4, 0.5) is 0 Å². The minimum atomic E-state index is 0.349. The molecule has 1 N–H and O–H groups in total. The zero-order valence-electron chi connectivity index (χ0n) is 10.0. The lowest BCUT2D eigenvalue weighted by molar-refractivity contribution is 0.289. The van der Waals surface area contributed by atoms with Crippen LogP contribution in [0.3, 0.4) is 0 Å². The summed E-state index contributed by atoms with van der Waals surface area (Å²) in [5, 5.41) is 3.72. The second-order valence-electron chi connectivity index (χ2n) is 5.39. The highest BCUT2D eigenvalue weighted by atomic mass is 15.1. The van der Waals surface area contributed by atoms with Gasteiger partial charge in [0.25, 0.3) is 0 Å². The molecule has 2 rings (SSSR count). The first-order chi connectivity index (χ1) is 7.29. The number of nitrogens with zero attached hydrogens (tertiary/aromatic N) is 1. The molecule has 1 aliphatic carbocycles. The number of rotatable bonds is 1. The highest BCUT2D eigenvalue weighted by molar-refractivity contribution is 5.83. The van der Waals surface area contributed by atoms with Crippen LogP contribution in [0, 0.1) is 0 Å². The molecule has 1 aliphatic heterocycles. The Hall–Kier alpha value is -0.530. The van der Waals surface area contributed by atoms with Crippen molar-refractivity contribution in [2.45, 2.75) is 70.3 Å². The van der Waals surface area contributed by atoms with Gasteiger partial charge in [0.05, 0.1) is 5.84 Å². The lowest BCUT2D eigenvalue weighted by atomic mass is 9.83. The van der Waals surface area contributed by atoms with Crippen molar-refractivity contribution in [2.24, 2.45) is 4.99 Å². The van der Waals surface area contributed by atoms with E-state index in [2.05, 4.69) is 17.2 Å². The van der Waals surface area contributed by atoms with E-state index in [0.717, 1.165) is 6.54 Å². The highest BCUT2D eigenvalue weighted by Crippen LogP contribution is 2.28. The molecule has 0 aromatic heterocycles. The van der Waals surface area contributed by atoms with Crippen LogP contribution in [0.15, 0.2) is 4.99 Å². The SMILES string of the molecule is CC1(NC2=NCCCCC2)CCCCC1. The molecule has 1 saturated carbocycles. The molecule has 1 fully saturated rings. The van der Waals surface area contributed by atoms with Crippen molar-refractivity contribution in [1.29, 1.82) is 0 Å². The molecule has 0 saturated heterocycles. The third-order valence-electron chi connectivity index (χ3n) is 3.78. The number of aliphatic imine (C=N–C) groups is 1. The molecular formula is C13H24N2. The standard InChI is InChI=1S/C13H24N2/c1-13(9-5-3-6-10-13)15-12-8-4-2-7-11-14-12/h2-11H2,1H3,(H,14,15). The topological polar surface area (TPSA) is 24.4 Å². The van der Waals surface area contributed by atoms with Gasteiger partial charge in [-0.15, -0.1) is 0 Å². The smallest absolute Gasteiger partial charge is 0.0967 e. The van der Waals surface area contributed by atoms with E-state index in [1.807, 2.05) is 0 Å². The minimum absolute atomic E-state index is 0.349. The zero-order valence-corrected chi connectivity index (χ0v) is 10.0. The Balaban J connectivity index is 1.90. The van der Waals surface area contributed by atoms with Crippen molar-refractivity contribution in [2.75, 3.05) is 6.54 Å². The normalized spacial score (nSPS) is 26.6. The Kier molecular flexibility index (Phi) is 3.66. The van der Waals surface area contributed by atoms with Gasteiger partial charge in [0, 0.05) is 18.5 Å². The van der Waals surface area contributed by atoms with E-state index in [0.29, 0.717) is 5.54 Å². The second-order valence-corrected chi connectivity index (χ2v) is 5.39. The summed E-state index contributed by atoms with van der Waals surface area (Å²) in [6, 6.07) is 0. The van der Waals surface area contributed by atoms with Crippen LogP contribution < -0.4 is 5.32 Å². The predicted molar refractivity (Wildman–Crippen MR) is 65.4 cm³/mol. The lowest BCUT2D eigenvalue weighted by Crippen LogP contribution is -2.47. The van der Waals surface area contributed by atoms with Gasteiger partial charge in [-0.25, -0.2) is 0 Å². The number of amidine groups is 1. The van der Waals surface area contributed by atoms with Gasteiger partial charge in [-0.05, 0) is 32.6 Å².